The normalized spacial score (nSPS) is 10.5. The standard InChI is InChI=1S/C17H16.3C2H6.CH4O/c1-13-6-5-9-16-12-15(10-11-17(13)16)14-7-3-2-4-8-14;4*1-2/h2-10H,11-12H2,1H3;3*1-2H3;2H,1H3. The molecule has 1 N–H and O–H groups in total. The predicted octanol–water partition coefficient (Wildman–Crippen LogP) is 6.86. The van der Waals surface area contributed by atoms with E-state index in [9.17, 15) is 0 Å². The number of allylic oxidation sites excluding steroid dienone is 2. The number of aliphatic hydroxyl groups excluding tert-OH is 1. The minimum atomic E-state index is 1.00. The van der Waals surface area contributed by atoms with E-state index in [0.29, 0.717) is 0 Å². The van der Waals surface area contributed by atoms with Gasteiger partial charge < -0.3 is 5.11 Å². The minimum Gasteiger partial charge on any atom is -0.400 e. The van der Waals surface area contributed by atoms with Gasteiger partial charge in [0.1, 0.15) is 0 Å². The van der Waals surface area contributed by atoms with Gasteiger partial charge in [0.2, 0.25) is 0 Å². The third-order valence-electron chi connectivity index (χ3n) is 3.59. The number of hydrogen-bond donors (Lipinski definition) is 1. The molecule has 1 aliphatic carbocycles. The van der Waals surface area contributed by atoms with Crippen LogP contribution >= 0.6 is 0 Å². The first kappa shape index (κ1) is 25.4. The maximum Gasteiger partial charge on any atom is 0.0319 e. The molecule has 3 rings (SSSR count). The number of aryl methyl sites for hydroxylation is 1. The molecule has 0 heterocycles. The van der Waals surface area contributed by atoms with E-state index in [1.807, 2.05) is 41.5 Å². The molecule has 0 bridgehead atoms. The van der Waals surface area contributed by atoms with Crippen LogP contribution in [-0.2, 0) is 12.8 Å². The van der Waals surface area contributed by atoms with Gasteiger partial charge in [0.05, 0.1) is 0 Å². The highest BCUT2D eigenvalue weighted by Crippen LogP contribution is 2.28. The lowest BCUT2D eigenvalue weighted by molar-refractivity contribution is 0.399. The molecule has 0 spiro atoms. The summed E-state index contributed by atoms with van der Waals surface area (Å²) in [5, 5.41) is 7.00. The van der Waals surface area contributed by atoms with Crippen molar-refractivity contribution < 1.29 is 5.11 Å². The van der Waals surface area contributed by atoms with Gasteiger partial charge in [0.25, 0.3) is 0 Å². The molecule has 0 fully saturated rings. The Morgan fingerprint density at radius 3 is 1.84 bits per heavy atom. The zero-order chi connectivity index (χ0) is 19.7. The Morgan fingerprint density at radius 2 is 1.28 bits per heavy atom. The van der Waals surface area contributed by atoms with E-state index >= 15 is 0 Å². The SMILES string of the molecule is CC.CC.CC.CO.Cc1cccc2c1CC=C(c1ccccc1)C2. The number of aliphatic hydroxyl groups is 1. The van der Waals surface area contributed by atoms with Gasteiger partial charge in [-0.3, -0.25) is 0 Å². The van der Waals surface area contributed by atoms with Gasteiger partial charge in [0, 0.05) is 7.11 Å². The molecule has 0 unspecified atom stereocenters. The first-order chi connectivity index (χ1) is 12.3. The molecule has 0 aliphatic heterocycles. The molecule has 1 heteroatoms. The molecule has 0 amide bonds. The second-order valence-corrected chi connectivity index (χ2v) is 4.69. The van der Waals surface area contributed by atoms with Crippen molar-refractivity contribution >= 4 is 5.57 Å². The quantitative estimate of drug-likeness (QED) is 0.600. The summed E-state index contributed by atoms with van der Waals surface area (Å²) in [4.78, 5) is 0. The summed E-state index contributed by atoms with van der Waals surface area (Å²) in [5.74, 6) is 0. The fraction of sp³-hybridized carbons (Fsp3) is 0.417. The number of fused-ring (bicyclic) bond motifs is 1. The lowest BCUT2D eigenvalue weighted by Gasteiger charge is -2.19. The van der Waals surface area contributed by atoms with E-state index in [2.05, 4.69) is 61.5 Å². The van der Waals surface area contributed by atoms with Crippen LogP contribution in [0, 0.1) is 6.92 Å². The van der Waals surface area contributed by atoms with Crippen molar-refractivity contribution in [3.8, 4) is 0 Å². The van der Waals surface area contributed by atoms with Crippen LogP contribution in [0.25, 0.3) is 5.57 Å². The molecule has 1 nitrogen and oxygen atoms in total. The monoisotopic (exact) mass is 342 g/mol. The largest absolute Gasteiger partial charge is 0.400 e. The van der Waals surface area contributed by atoms with E-state index in [1.165, 1.54) is 27.8 Å². The Kier molecular flexibility index (Phi) is 17.2. The second-order valence-electron chi connectivity index (χ2n) is 4.69. The first-order valence-electron chi connectivity index (χ1n) is 9.61. The van der Waals surface area contributed by atoms with E-state index in [1.54, 1.807) is 0 Å². The highest BCUT2D eigenvalue weighted by Gasteiger charge is 2.13. The lowest BCUT2D eigenvalue weighted by atomic mass is 9.86. The molecule has 0 saturated heterocycles. The first-order valence-corrected chi connectivity index (χ1v) is 9.61. The van der Waals surface area contributed by atoms with Crippen molar-refractivity contribution in [3.05, 3.63) is 76.9 Å². The predicted molar refractivity (Wildman–Crippen MR) is 115 cm³/mol. The van der Waals surface area contributed by atoms with Gasteiger partial charge >= 0.3 is 0 Å². The Labute approximate surface area is 156 Å². The van der Waals surface area contributed by atoms with Crippen LogP contribution in [0.3, 0.4) is 0 Å². The Balaban J connectivity index is 0. The maximum absolute atomic E-state index is 7.00. The number of benzene rings is 2. The summed E-state index contributed by atoms with van der Waals surface area (Å²) in [6, 6.07) is 17.3. The van der Waals surface area contributed by atoms with E-state index in [0.717, 1.165) is 20.0 Å². The van der Waals surface area contributed by atoms with Gasteiger partial charge in [-0.15, -0.1) is 0 Å². The van der Waals surface area contributed by atoms with Gasteiger partial charge in [-0.1, -0.05) is 96.1 Å². The molecule has 2 aromatic carbocycles. The fourth-order valence-electron chi connectivity index (χ4n) is 2.60. The molecule has 0 aromatic heterocycles. The molecule has 25 heavy (non-hydrogen) atoms. The summed E-state index contributed by atoms with van der Waals surface area (Å²) in [5.41, 5.74) is 7.26. The van der Waals surface area contributed by atoms with E-state index < -0.39 is 0 Å². The van der Waals surface area contributed by atoms with Crippen molar-refractivity contribution in [1.82, 2.24) is 0 Å². The maximum atomic E-state index is 7.00. The summed E-state index contributed by atoms with van der Waals surface area (Å²) in [6.45, 7) is 14.2. The smallest absolute Gasteiger partial charge is 0.0319 e. The molecule has 2 aromatic rings. The summed E-state index contributed by atoms with van der Waals surface area (Å²) >= 11 is 0. The van der Waals surface area contributed by atoms with Crippen LogP contribution in [-0.4, -0.2) is 12.2 Å². The topological polar surface area (TPSA) is 20.2 Å². The van der Waals surface area contributed by atoms with E-state index in [-0.39, 0.29) is 0 Å². The average Bonchev–Trinajstić information content (AvgIpc) is 2.74. The van der Waals surface area contributed by atoms with Crippen LogP contribution in [0.5, 0.6) is 0 Å². The van der Waals surface area contributed by atoms with Crippen LogP contribution in [0.4, 0.5) is 0 Å². The third kappa shape index (κ3) is 8.18. The van der Waals surface area contributed by atoms with Crippen molar-refractivity contribution in [1.29, 1.82) is 0 Å². The highest BCUT2D eigenvalue weighted by molar-refractivity contribution is 5.70. The van der Waals surface area contributed by atoms with Crippen molar-refractivity contribution in [2.75, 3.05) is 7.11 Å². The molecule has 140 valence electrons. The minimum absolute atomic E-state index is 1.00. The van der Waals surface area contributed by atoms with Crippen LogP contribution in [0.15, 0.2) is 54.6 Å². The van der Waals surface area contributed by atoms with Crippen LogP contribution in [0.1, 0.15) is 63.8 Å². The second kappa shape index (κ2) is 17.0. The molecular weight excluding hydrogens is 304 g/mol. The summed E-state index contributed by atoms with van der Waals surface area (Å²) in [7, 11) is 1.00. The summed E-state index contributed by atoms with van der Waals surface area (Å²) < 4.78 is 0. The van der Waals surface area contributed by atoms with Crippen molar-refractivity contribution in [2.45, 2.75) is 61.3 Å². The molecule has 0 radical (unpaired) electrons. The van der Waals surface area contributed by atoms with Crippen molar-refractivity contribution in [2.24, 2.45) is 0 Å². The number of hydrogen-bond acceptors (Lipinski definition) is 1. The fourth-order valence-corrected chi connectivity index (χ4v) is 2.60. The third-order valence-corrected chi connectivity index (χ3v) is 3.59. The van der Waals surface area contributed by atoms with Gasteiger partial charge in [-0.05, 0) is 47.6 Å². The highest BCUT2D eigenvalue weighted by atomic mass is 16.2. The molecule has 0 atom stereocenters. The zero-order valence-corrected chi connectivity index (χ0v) is 17.6. The number of rotatable bonds is 1. The van der Waals surface area contributed by atoms with Crippen LogP contribution in [0.2, 0.25) is 0 Å². The van der Waals surface area contributed by atoms with Gasteiger partial charge in [-0.25, -0.2) is 0 Å². The zero-order valence-electron chi connectivity index (χ0n) is 17.6. The van der Waals surface area contributed by atoms with Gasteiger partial charge in [-0.2, -0.15) is 0 Å². The Bertz CT molecular complexity index is 568. The average molecular weight is 343 g/mol. The van der Waals surface area contributed by atoms with Gasteiger partial charge in [0.15, 0.2) is 0 Å². The van der Waals surface area contributed by atoms with Crippen LogP contribution < -0.4 is 0 Å². The Morgan fingerprint density at radius 1 is 0.720 bits per heavy atom. The molecule has 1 aliphatic rings. The Hall–Kier alpha value is -1.86. The summed E-state index contributed by atoms with van der Waals surface area (Å²) in [6.07, 6.45) is 4.53. The van der Waals surface area contributed by atoms with Crippen molar-refractivity contribution in [3.63, 3.8) is 0 Å². The lowest BCUT2D eigenvalue weighted by Crippen LogP contribution is -2.04. The molecule has 0 saturated carbocycles. The van der Waals surface area contributed by atoms with E-state index in [4.69, 9.17) is 5.11 Å². The molecular formula is C24H38O.